The van der Waals surface area contributed by atoms with Gasteiger partial charge >= 0.3 is 5.97 Å². The molecule has 0 bridgehead atoms. The minimum absolute atomic E-state index is 0.0347. The average molecular weight is 383 g/mol. The third-order valence-electron chi connectivity index (χ3n) is 4.36. The minimum Gasteiger partial charge on any atom is -0.460 e. The van der Waals surface area contributed by atoms with Crippen molar-refractivity contribution >= 4 is 28.6 Å². The van der Waals surface area contributed by atoms with E-state index < -0.39 is 5.97 Å². The summed E-state index contributed by atoms with van der Waals surface area (Å²) in [5.41, 5.74) is 2.15. The van der Waals surface area contributed by atoms with E-state index in [2.05, 4.69) is 44.4 Å². The largest absolute Gasteiger partial charge is 0.460 e. The van der Waals surface area contributed by atoms with Crippen LogP contribution in [0.5, 0.6) is 0 Å². The quantitative estimate of drug-likeness (QED) is 0.444. The lowest BCUT2D eigenvalue weighted by atomic mass is 10.2. The van der Waals surface area contributed by atoms with Crippen molar-refractivity contribution in [2.24, 2.45) is 0 Å². The molecule has 0 radical (unpaired) electrons. The second-order valence-corrected chi connectivity index (χ2v) is 6.26. The molecule has 0 amide bonds. The maximum atomic E-state index is 12.0. The molecule has 148 valence electrons. The number of anilines is 2. The van der Waals surface area contributed by atoms with Crippen LogP contribution in [0.15, 0.2) is 34.9 Å². The molecule has 1 aromatic carbocycles. The Morgan fingerprint density at radius 3 is 2.71 bits per heavy atom. The highest BCUT2D eigenvalue weighted by molar-refractivity contribution is 5.93. The van der Waals surface area contributed by atoms with E-state index in [1.165, 1.54) is 5.69 Å². The normalized spacial score (nSPS) is 10.8. The summed E-state index contributed by atoms with van der Waals surface area (Å²) < 4.78 is 10.2. The van der Waals surface area contributed by atoms with E-state index in [1.54, 1.807) is 6.92 Å². The van der Waals surface area contributed by atoms with Gasteiger partial charge in [-0.25, -0.2) is 9.78 Å². The van der Waals surface area contributed by atoms with Crippen molar-refractivity contribution in [3.8, 4) is 0 Å². The van der Waals surface area contributed by atoms with Crippen molar-refractivity contribution in [2.45, 2.75) is 27.2 Å². The van der Waals surface area contributed by atoms with Gasteiger partial charge < -0.3 is 19.5 Å². The summed E-state index contributed by atoms with van der Waals surface area (Å²) in [6.07, 6.45) is 0.896. The van der Waals surface area contributed by atoms with Crippen molar-refractivity contribution in [3.05, 3.63) is 41.9 Å². The zero-order valence-electron chi connectivity index (χ0n) is 16.4. The molecule has 8 heteroatoms. The zero-order chi connectivity index (χ0) is 19.9. The lowest BCUT2D eigenvalue weighted by Gasteiger charge is -2.23. The van der Waals surface area contributed by atoms with Gasteiger partial charge in [0.1, 0.15) is 11.2 Å². The third kappa shape index (κ3) is 4.39. The lowest BCUT2D eigenvalue weighted by molar-refractivity contribution is 0.0512. The molecular formula is C20H25N5O3. The number of ether oxygens (including phenoxy) is 1. The summed E-state index contributed by atoms with van der Waals surface area (Å²) in [6.45, 7) is 8.46. The molecule has 3 rings (SSSR count). The molecule has 0 saturated carbocycles. The second-order valence-electron chi connectivity index (χ2n) is 6.26. The van der Waals surface area contributed by atoms with Crippen molar-refractivity contribution in [3.63, 3.8) is 0 Å². The number of carbonyl (C=O) groups is 1. The molecule has 8 nitrogen and oxygen atoms in total. The molecule has 2 aromatic heterocycles. The monoisotopic (exact) mass is 383 g/mol. The van der Waals surface area contributed by atoms with E-state index >= 15 is 0 Å². The van der Waals surface area contributed by atoms with Gasteiger partial charge in [0.05, 0.1) is 12.3 Å². The lowest BCUT2D eigenvalue weighted by Crippen LogP contribution is -2.25. The maximum absolute atomic E-state index is 12.0. The van der Waals surface area contributed by atoms with Crippen LogP contribution in [0.4, 0.5) is 11.5 Å². The number of carbonyl (C=O) groups excluding carboxylic acids is 1. The number of esters is 1. The first kappa shape index (κ1) is 19.6. The Morgan fingerprint density at radius 1 is 1.21 bits per heavy atom. The minimum atomic E-state index is -0.581. The SMILES string of the molecule is CCOC(=O)c1nc(NCCCN(CC)c2ccccc2)c2c(C)noc2n1. The number of rotatable bonds is 9. The van der Waals surface area contributed by atoms with E-state index in [0.717, 1.165) is 19.5 Å². The fraction of sp³-hybridized carbons (Fsp3) is 0.400. The number of hydrogen-bond donors (Lipinski definition) is 1. The molecule has 3 aromatic rings. The van der Waals surface area contributed by atoms with Crippen molar-refractivity contribution in [2.75, 3.05) is 36.5 Å². The molecule has 28 heavy (non-hydrogen) atoms. The van der Waals surface area contributed by atoms with Gasteiger partial charge in [0.25, 0.3) is 5.71 Å². The molecule has 2 heterocycles. The highest BCUT2D eigenvalue weighted by Crippen LogP contribution is 2.24. The number of hydrogen-bond acceptors (Lipinski definition) is 8. The van der Waals surface area contributed by atoms with Crippen molar-refractivity contribution < 1.29 is 14.1 Å². The van der Waals surface area contributed by atoms with Crippen LogP contribution in [0.2, 0.25) is 0 Å². The number of para-hydroxylation sites is 1. The first-order chi connectivity index (χ1) is 13.6. The topological polar surface area (TPSA) is 93.4 Å². The highest BCUT2D eigenvalue weighted by atomic mass is 16.5. The molecule has 0 atom stereocenters. The highest BCUT2D eigenvalue weighted by Gasteiger charge is 2.19. The van der Waals surface area contributed by atoms with Crippen LogP contribution >= 0.6 is 0 Å². The fourth-order valence-corrected chi connectivity index (χ4v) is 2.99. The van der Waals surface area contributed by atoms with Crippen LogP contribution in [-0.2, 0) is 4.74 Å². The molecule has 1 N–H and O–H groups in total. The fourth-order valence-electron chi connectivity index (χ4n) is 2.99. The summed E-state index contributed by atoms with van der Waals surface area (Å²) in [5.74, 6) is -0.0789. The molecule has 0 aliphatic rings. The molecule has 0 aliphatic heterocycles. The van der Waals surface area contributed by atoms with Crippen molar-refractivity contribution in [1.29, 1.82) is 0 Å². The van der Waals surface area contributed by atoms with E-state index in [0.29, 0.717) is 23.4 Å². The van der Waals surface area contributed by atoms with Gasteiger partial charge in [0, 0.05) is 25.3 Å². The number of aryl methyl sites for hydroxylation is 1. The molecular weight excluding hydrogens is 358 g/mol. The average Bonchev–Trinajstić information content (AvgIpc) is 3.10. The predicted molar refractivity (Wildman–Crippen MR) is 108 cm³/mol. The summed E-state index contributed by atoms with van der Waals surface area (Å²) >= 11 is 0. The van der Waals surface area contributed by atoms with E-state index in [-0.39, 0.29) is 18.1 Å². The van der Waals surface area contributed by atoms with Gasteiger partial charge in [-0.05, 0) is 39.3 Å². The molecule has 0 fully saturated rings. The van der Waals surface area contributed by atoms with E-state index in [4.69, 9.17) is 9.26 Å². The first-order valence-corrected chi connectivity index (χ1v) is 9.49. The zero-order valence-corrected chi connectivity index (χ0v) is 16.4. The predicted octanol–water partition coefficient (Wildman–Crippen LogP) is 3.43. The van der Waals surface area contributed by atoms with Crippen LogP contribution in [0, 0.1) is 6.92 Å². The summed E-state index contributed by atoms with van der Waals surface area (Å²) in [5, 5.41) is 7.92. The number of nitrogens with one attached hydrogen (secondary N) is 1. The summed E-state index contributed by atoms with van der Waals surface area (Å²) in [4.78, 5) is 22.8. The Kier molecular flexibility index (Phi) is 6.41. The number of benzene rings is 1. The molecule has 0 unspecified atom stereocenters. The number of fused-ring (bicyclic) bond motifs is 1. The summed E-state index contributed by atoms with van der Waals surface area (Å²) in [6, 6.07) is 10.3. The van der Waals surface area contributed by atoms with Crippen LogP contribution in [0.3, 0.4) is 0 Å². The Balaban J connectivity index is 1.69. The number of nitrogens with zero attached hydrogens (tertiary/aromatic N) is 4. The Hall–Kier alpha value is -3.16. The van der Waals surface area contributed by atoms with E-state index in [1.807, 2.05) is 25.1 Å². The Morgan fingerprint density at radius 2 is 2.00 bits per heavy atom. The summed E-state index contributed by atoms with van der Waals surface area (Å²) in [7, 11) is 0. The Labute approximate surface area is 163 Å². The Bertz CT molecular complexity index is 926. The van der Waals surface area contributed by atoms with Crippen molar-refractivity contribution in [1.82, 2.24) is 15.1 Å². The second kappa shape index (κ2) is 9.16. The van der Waals surface area contributed by atoms with Crippen LogP contribution in [0.1, 0.15) is 36.6 Å². The van der Waals surface area contributed by atoms with Gasteiger partial charge in [-0.15, -0.1) is 0 Å². The van der Waals surface area contributed by atoms with Gasteiger partial charge in [0.2, 0.25) is 5.82 Å². The molecule has 0 spiro atoms. The first-order valence-electron chi connectivity index (χ1n) is 9.49. The van der Waals surface area contributed by atoms with Gasteiger partial charge in [-0.2, -0.15) is 4.98 Å². The van der Waals surface area contributed by atoms with Crippen LogP contribution < -0.4 is 10.2 Å². The molecule has 0 saturated heterocycles. The van der Waals surface area contributed by atoms with Gasteiger partial charge in [-0.1, -0.05) is 23.4 Å². The van der Waals surface area contributed by atoms with E-state index in [9.17, 15) is 4.79 Å². The van der Waals surface area contributed by atoms with Gasteiger partial charge in [0.15, 0.2) is 0 Å². The van der Waals surface area contributed by atoms with Crippen LogP contribution in [0.25, 0.3) is 11.1 Å². The smallest absolute Gasteiger partial charge is 0.376 e. The third-order valence-corrected chi connectivity index (χ3v) is 4.36. The number of aromatic nitrogens is 3. The molecule has 0 aliphatic carbocycles. The standard InChI is InChI=1S/C20H25N5O3/c1-4-25(15-10-7-6-8-11-15)13-9-12-21-17-16-14(3)24-28-19(16)23-18(22-17)20(26)27-5-2/h6-8,10-11H,4-5,9,12-13H2,1-3H3,(H,21,22,23). The van der Waals surface area contributed by atoms with Gasteiger partial charge in [-0.3, -0.25) is 0 Å². The van der Waals surface area contributed by atoms with Crippen LogP contribution in [-0.4, -0.2) is 47.3 Å². The maximum Gasteiger partial charge on any atom is 0.376 e.